The Morgan fingerprint density at radius 3 is 2.26 bits per heavy atom. The molecule has 0 aliphatic carbocycles. The Kier molecular flexibility index (Phi) is 5.47. The highest BCUT2D eigenvalue weighted by molar-refractivity contribution is 5.89. The molecule has 2 N–H and O–H groups in total. The van der Waals surface area contributed by atoms with Crippen LogP contribution in [0.15, 0.2) is 24.3 Å². The van der Waals surface area contributed by atoms with Crippen LogP contribution in [0.3, 0.4) is 0 Å². The van der Waals surface area contributed by atoms with Crippen LogP contribution in [0.1, 0.15) is 28.9 Å². The maximum atomic E-state index is 11.3. The van der Waals surface area contributed by atoms with Gasteiger partial charge in [-0.1, -0.05) is 12.1 Å². The number of hydrogen-bond acceptors (Lipinski definition) is 6. The summed E-state index contributed by atoms with van der Waals surface area (Å²) in [6, 6.07) is 5.73. The summed E-state index contributed by atoms with van der Waals surface area (Å²) in [4.78, 5) is 22.5. The number of esters is 2. The van der Waals surface area contributed by atoms with E-state index in [1.807, 2.05) is 0 Å². The van der Waals surface area contributed by atoms with Crippen molar-refractivity contribution in [1.82, 2.24) is 0 Å². The highest BCUT2D eigenvalue weighted by Crippen LogP contribution is 2.18. The number of hydrogen-bond donors (Lipinski definition) is 2. The van der Waals surface area contributed by atoms with Crippen molar-refractivity contribution in [2.75, 3.05) is 13.7 Å². The van der Waals surface area contributed by atoms with Crippen LogP contribution in [0.2, 0.25) is 0 Å². The van der Waals surface area contributed by atoms with Crippen molar-refractivity contribution in [3.63, 3.8) is 0 Å². The average molecular weight is 268 g/mol. The number of carbonyl (C=O) groups is 2. The lowest BCUT2D eigenvalue weighted by Crippen LogP contribution is -2.29. The van der Waals surface area contributed by atoms with E-state index in [4.69, 9.17) is 0 Å². The van der Waals surface area contributed by atoms with Gasteiger partial charge in [-0.2, -0.15) is 0 Å². The molecule has 0 aromatic heterocycles. The predicted molar refractivity (Wildman–Crippen MR) is 65.4 cm³/mol. The van der Waals surface area contributed by atoms with Crippen molar-refractivity contribution < 1.29 is 29.3 Å². The third kappa shape index (κ3) is 3.77. The van der Waals surface area contributed by atoms with E-state index in [1.54, 1.807) is 6.92 Å². The molecule has 0 aliphatic rings. The maximum absolute atomic E-state index is 11.3. The molecule has 0 aliphatic heterocycles. The van der Waals surface area contributed by atoms with Crippen LogP contribution < -0.4 is 0 Å². The first-order chi connectivity index (χ1) is 9.01. The van der Waals surface area contributed by atoms with Crippen LogP contribution >= 0.6 is 0 Å². The van der Waals surface area contributed by atoms with Gasteiger partial charge in [-0.3, -0.25) is 0 Å². The highest BCUT2D eigenvalue weighted by atomic mass is 16.5. The number of aliphatic hydroxyl groups is 2. The second kappa shape index (κ2) is 6.86. The van der Waals surface area contributed by atoms with Crippen LogP contribution in [0.25, 0.3) is 0 Å². The van der Waals surface area contributed by atoms with Gasteiger partial charge in [0.15, 0.2) is 6.10 Å². The van der Waals surface area contributed by atoms with Crippen molar-refractivity contribution in [2.24, 2.45) is 0 Å². The monoisotopic (exact) mass is 268 g/mol. The molecule has 0 saturated heterocycles. The third-order valence-corrected chi connectivity index (χ3v) is 2.50. The van der Waals surface area contributed by atoms with E-state index in [1.165, 1.54) is 31.4 Å². The SMILES string of the molecule is CCOC(=O)C(O)C(O)c1ccc(C(=O)OC)cc1. The largest absolute Gasteiger partial charge is 0.465 e. The second-order valence-electron chi connectivity index (χ2n) is 3.76. The van der Waals surface area contributed by atoms with Gasteiger partial charge in [0.05, 0.1) is 19.3 Å². The number of methoxy groups -OCH3 is 1. The van der Waals surface area contributed by atoms with Crippen molar-refractivity contribution in [2.45, 2.75) is 19.1 Å². The molecular weight excluding hydrogens is 252 g/mol. The van der Waals surface area contributed by atoms with E-state index in [0.29, 0.717) is 11.1 Å². The van der Waals surface area contributed by atoms with Crippen LogP contribution in [0.4, 0.5) is 0 Å². The summed E-state index contributed by atoms with van der Waals surface area (Å²) >= 11 is 0. The first-order valence-electron chi connectivity index (χ1n) is 5.72. The fourth-order valence-electron chi connectivity index (χ4n) is 1.47. The highest BCUT2D eigenvalue weighted by Gasteiger charge is 2.26. The molecule has 2 unspecified atom stereocenters. The lowest BCUT2D eigenvalue weighted by Gasteiger charge is -2.16. The number of benzene rings is 1. The van der Waals surface area contributed by atoms with E-state index in [-0.39, 0.29) is 6.61 Å². The molecule has 0 fully saturated rings. The van der Waals surface area contributed by atoms with Crippen LogP contribution in [0, 0.1) is 0 Å². The van der Waals surface area contributed by atoms with Gasteiger partial charge in [0, 0.05) is 0 Å². The van der Waals surface area contributed by atoms with Gasteiger partial charge in [0.1, 0.15) is 6.10 Å². The molecule has 1 rings (SSSR count). The predicted octanol–water partition coefficient (Wildman–Crippen LogP) is 0.431. The maximum Gasteiger partial charge on any atom is 0.338 e. The number of rotatable bonds is 5. The van der Waals surface area contributed by atoms with Crippen LogP contribution in [0.5, 0.6) is 0 Å². The summed E-state index contributed by atoms with van der Waals surface area (Å²) < 4.78 is 9.13. The Balaban J connectivity index is 2.80. The number of aliphatic hydroxyl groups excluding tert-OH is 2. The summed E-state index contributed by atoms with van der Waals surface area (Å²) in [7, 11) is 1.26. The summed E-state index contributed by atoms with van der Waals surface area (Å²) in [5.74, 6) is -1.40. The lowest BCUT2D eigenvalue weighted by molar-refractivity contribution is -0.159. The molecule has 0 saturated carbocycles. The Morgan fingerprint density at radius 1 is 1.21 bits per heavy atom. The minimum absolute atomic E-state index is 0.115. The zero-order valence-corrected chi connectivity index (χ0v) is 10.7. The van der Waals surface area contributed by atoms with Gasteiger partial charge in [-0.15, -0.1) is 0 Å². The molecule has 0 amide bonds. The lowest BCUT2D eigenvalue weighted by atomic mass is 10.0. The fraction of sp³-hybridized carbons (Fsp3) is 0.385. The van der Waals surface area contributed by atoms with Gasteiger partial charge < -0.3 is 19.7 Å². The molecule has 0 heterocycles. The standard InChI is InChI=1S/C13H16O6/c1-3-19-13(17)11(15)10(14)8-4-6-9(7-5-8)12(16)18-2/h4-7,10-11,14-15H,3H2,1-2H3. The van der Waals surface area contributed by atoms with Gasteiger partial charge in [0.2, 0.25) is 0 Å². The Hall–Kier alpha value is -1.92. The second-order valence-corrected chi connectivity index (χ2v) is 3.76. The molecule has 0 spiro atoms. The Morgan fingerprint density at radius 2 is 1.79 bits per heavy atom. The summed E-state index contributed by atoms with van der Waals surface area (Å²) in [6.45, 7) is 1.71. The minimum atomic E-state index is -1.66. The first-order valence-corrected chi connectivity index (χ1v) is 5.72. The first kappa shape index (κ1) is 15.1. The van der Waals surface area contributed by atoms with E-state index in [0.717, 1.165) is 0 Å². The van der Waals surface area contributed by atoms with E-state index >= 15 is 0 Å². The van der Waals surface area contributed by atoms with Gasteiger partial charge in [-0.25, -0.2) is 9.59 Å². The summed E-state index contributed by atoms with van der Waals surface area (Å²) in [6.07, 6.45) is -3.07. The molecule has 19 heavy (non-hydrogen) atoms. The van der Waals surface area contributed by atoms with Gasteiger partial charge in [0.25, 0.3) is 0 Å². The number of carbonyl (C=O) groups excluding carboxylic acids is 2. The smallest absolute Gasteiger partial charge is 0.338 e. The van der Waals surface area contributed by atoms with E-state index in [2.05, 4.69) is 9.47 Å². The molecule has 0 radical (unpaired) electrons. The van der Waals surface area contributed by atoms with Gasteiger partial charge >= 0.3 is 11.9 Å². The molecule has 2 atom stereocenters. The zero-order chi connectivity index (χ0) is 14.4. The van der Waals surface area contributed by atoms with Crippen molar-refractivity contribution >= 4 is 11.9 Å². The zero-order valence-electron chi connectivity index (χ0n) is 10.7. The molecule has 6 heteroatoms. The van der Waals surface area contributed by atoms with E-state index in [9.17, 15) is 19.8 Å². The van der Waals surface area contributed by atoms with Crippen LogP contribution in [-0.4, -0.2) is 42.0 Å². The molecule has 0 bridgehead atoms. The molecule has 1 aromatic rings. The Labute approximate surface area is 110 Å². The molecule has 104 valence electrons. The number of ether oxygens (including phenoxy) is 2. The summed E-state index contributed by atoms with van der Waals surface area (Å²) in [5.41, 5.74) is 0.609. The molecular formula is C13H16O6. The Bertz CT molecular complexity index is 439. The topological polar surface area (TPSA) is 93.1 Å². The van der Waals surface area contributed by atoms with E-state index < -0.39 is 24.1 Å². The van der Waals surface area contributed by atoms with Crippen molar-refractivity contribution in [3.8, 4) is 0 Å². The van der Waals surface area contributed by atoms with Crippen LogP contribution in [-0.2, 0) is 14.3 Å². The third-order valence-electron chi connectivity index (χ3n) is 2.50. The quantitative estimate of drug-likeness (QED) is 0.752. The molecule has 6 nitrogen and oxygen atoms in total. The normalized spacial score (nSPS) is 13.5. The van der Waals surface area contributed by atoms with Crippen molar-refractivity contribution in [3.05, 3.63) is 35.4 Å². The van der Waals surface area contributed by atoms with Gasteiger partial charge in [-0.05, 0) is 24.6 Å². The fourth-order valence-corrected chi connectivity index (χ4v) is 1.47. The summed E-state index contributed by atoms with van der Waals surface area (Å²) in [5, 5.41) is 19.4. The minimum Gasteiger partial charge on any atom is -0.465 e. The molecule has 1 aromatic carbocycles. The van der Waals surface area contributed by atoms with Crippen molar-refractivity contribution in [1.29, 1.82) is 0 Å². The average Bonchev–Trinajstić information content (AvgIpc) is 2.45.